The van der Waals surface area contributed by atoms with E-state index in [0.717, 1.165) is 6.42 Å². The molecule has 0 aliphatic carbocycles. The predicted octanol–water partition coefficient (Wildman–Crippen LogP) is 1.06. The van der Waals surface area contributed by atoms with Crippen molar-refractivity contribution in [2.45, 2.75) is 44.1 Å². The van der Waals surface area contributed by atoms with Gasteiger partial charge in [0.1, 0.15) is 0 Å². The Morgan fingerprint density at radius 2 is 1.85 bits per heavy atom. The third-order valence-electron chi connectivity index (χ3n) is 2.10. The number of carboxylic acids is 1. The molecule has 0 amide bonds. The molecule has 2 atom stereocenters. The topological polar surface area (TPSA) is 71.4 Å². The molecule has 0 aliphatic heterocycles. The van der Waals surface area contributed by atoms with Crippen molar-refractivity contribution >= 4 is 15.8 Å². The molecule has 13 heavy (non-hydrogen) atoms. The molecule has 0 fully saturated rings. The number of rotatable bonds is 5. The Labute approximate surface area is 78.9 Å². The minimum absolute atomic E-state index is 0.514. The first kappa shape index (κ1) is 12.4. The maximum Gasteiger partial charge on any atom is 0.321 e. The standard InChI is InChI=1S/C8H16O4S/c1-4-5-6(2)13(11,12)7(3)8(9)10/h6-7H,4-5H2,1-3H3,(H,9,10). The Bertz CT molecular complexity index is 268. The second kappa shape index (κ2) is 4.60. The summed E-state index contributed by atoms with van der Waals surface area (Å²) >= 11 is 0. The number of hydrogen-bond acceptors (Lipinski definition) is 3. The Kier molecular flexibility index (Phi) is 4.39. The highest BCUT2D eigenvalue weighted by Crippen LogP contribution is 2.14. The zero-order valence-electron chi connectivity index (χ0n) is 8.15. The summed E-state index contributed by atoms with van der Waals surface area (Å²) < 4.78 is 23.0. The van der Waals surface area contributed by atoms with Crippen molar-refractivity contribution < 1.29 is 18.3 Å². The van der Waals surface area contributed by atoms with Gasteiger partial charge in [0.05, 0.1) is 5.25 Å². The predicted molar refractivity (Wildman–Crippen MR) is 50.4 cm³/mol. The van der Waals surface area contributed by atoms with Crippen LogP contribution in [0.5, 0.6) is 0 Å². The van der Waals surface area contributed by atoms with Gasteiger partial charge in [-0.1, -0.05) is 13.3 Å². The molecular weight excluding hydrogens is 192 g/mol. The molecule has 0 heterocycles. The quantitative estimate of drug-likeness (QED) is 0.733. The van der Waals surface area contributed by atoms with Crippen LogP contribution in [0, 0.1) is 0 Å². The van der Waals surface area contributed by atoms with Crippen molar-refractivity contribution in [1.82, 2.24) is 0 Å². The first-order valence-electron chi connectivity index (χ1n) is 4.29. The molecule has 0 radical (unpaired) electrons. The van der Waals surface area contributed by atoms with E-state index in [1.54, 1.807) is 6.92 Å². The zero-order chi connectivity index (χ0) is 10.6. The van der Waals surface area contributed by atoms with Gasteiger partial charge in [-0.25, -0.2) is 8.42 Å². The molecule has 0 aromatic heterocycles. The molecule has 1 N–H and O–H groups in total. The third-order valence-corrected chi connectivity index (χ3v) is 4.64. The molecule has 5 heteroatoms. The van der Waals surface area contributed by atoms with Crippen molar-refractivity contribution in [2.24, 2.45) is 0 Å². The van der Waals surface area contributed by atoms with Crippen LogP contribution >= 0.6 is 0 Å². The summed E-state index contributed by atoms with van der Waals surface area (Å²) in [7, 11) is -3.50. The van der Waals surface area contributed by atoms with Crippen molar-refractivity contribution in [1.29, 1.82) is 0 Å². The molecular formula is C8H16O4S. The Morgan fingerprint density at radius 3 is 2.15 bits per heavy atom. The molecule has 0 aliphatic rings. The van der Waals surface area contributed by atoms with E-state index >= 15 is 0 Å². The first-order chi connectivity index (χ1) is 5.84. The molecule has 4 nitrogen and oxygen atoms in total. The number of sulfone groups is 1. The highest BCUT2D eigenvalue weighted by molar-refractivity contribution is 7.93. The van der Waals surface area contributed by atoms with E-state index in [4.69, 9.17) is 5.11 Å². The van der Waals surface area contributed by atoms with E-state index in [0.29, 0.717) is 6.42 Å². The van der Waals surface area contributed by atoms with E-state index in [2.05, 4.69) is 0 Å². The van der Waals surface area contributed by atoms with Gasteiger partial charge in [-0.2, -0.15) is 0 Å². The van der Waals surface area contributed by atoms with Crippen LogP contribution < -0.4 is 0 Å². The smallest absolute Gasteiger partial charge is 0.321 e. The van der Waals surface area contributed by atoms with Crippen LogP contribution in [0.4, 0.5) is 0 Å². The lowest BCUT2D eigenvalue weighted by Gasteiger charge is -2.14. The summed E-state index contributed by atoms with van der Waals surface area (Å²) in [6, 6.07) is 0. The zero-order valence-corrected chi connectivity index (χ0v) is 8.97. The lowest BCUT2D eigenvalue weighted by atomic mass is 10.3. The van der Waals surface area contributed by atoms with Crippen LogP contribution in [0.3, 0.4) is 0 Å². The van der Waals surface area contributed by atoms with Gasteiger partial charge >= 0.3 is 5.97 Å². The van der Waals surface area contributed by atoms with Gasteiger partial charge in [0.25, 0.3) is 0 Å². The summed E-state index contributed by atoms with van der Waals surface area (Å²) in [5.74, 6) is -1.28. The van der Waals surface area contributed by atoms with Gasteiger partial charge in [0.2, 0.25) is 0 Å². The minimum atomic E-state index is -3.50. The second-order valence-corrected chi connectivity index (χ2v) is 5.86. The van der Waals surface area contributed by atoms with E-state index in [1.807, 2.05) is 6.92 Å². The lowest BCUT2D eigenvalue weighted by Crippen LogP contribution is -2.33. The maximum atomic E-state index is 11.5. The molecule has 78 valence electrons. The van der Waals surface area contributed by atoms with E-state index < -0.39 is 26.3 Å². The number of carbonyl (C=O) groups is 1. The van der Waals surface area contributed by atoms with E-state index in [-0.39, 0.29) is 0 Å². The van der Waals surface area contributed by atoms with Gasteiger partial charge < -0.3 is 5.11 Å². The summed E-state index contributed by atoms with van der Waals surface area (Å²) in [6.45, 7) is 4.64. The fraction of sp³-hybridized carbons (Fsp3) is 0.875. The summed E-state index contributed by atoms with van der Waals surface area (Å²) in [5, 5.41) is 6.69. The van der Waals surface area contributed by atoms with Crippen molar-refractivity contribution in [3.63, 3.8) is 0 Å². The van der Waals surface area contributed by atoms with Gasteiger partial charge in [-0.3, -0.25) is 4.79 Å². The molecule has 0 aromatic carbocycles. The molecule has 0 saturated carbocycles. The molecule has 0 rings (SSSR count). The van der Waals surface area contributed by atoms with Gasteiger partial charge in [-0.15, -0.1) is 0 Å². The molecule has 2 unspecified atom stereocenters. The van der Waals surface area contributed by atoms with Gasteiger partial charge in [-0.05, 0) is 20.3 Å². The third kappa shape index (κ3) is 2.99. The van der Waals surface area contributed by atoms with Crippen molar-refractivity contribution in [2.75, 3.05) is 0 Å². The Balaban J connectivity index is 4.66. The molecule has 0 bridgehead atoms. The highest BCUT2D eigenvalue weighted by Gasteiger charge is 2.32. The summed E-state index contributed by atoms with van der Waals surface area (Å²) in [5.41, 5.74) is 0. The fourth-order valence-electron chi connectivity index (χ4n) is 1.06. The Hall–Kier alpha value is -0.580. The minimum Gasteiger partial charge on any atom is -0.480 e. The van der Waals surface area contributed by atoms with Crippen LogP contribution in [-0.4, -0.2) is 30.0 Å². The average molecular weight is 208 g/mol. The van der Waals surface area contributed by atoms with Crippen LogP contribution in [0.25, 0.3) is 0 Å². The second-order valence-electron chi connectivity index (χ2n) is 3.17. The Morgan fingerprint density at radius 1 is 1.38 bits per heavy atom. The lowest BCUT2D eigenvalue weighted by molar-refractivity contribution is -0.136. The number of aliphatic carboxylic acids is 1. The SMILES string of the molecule is CCCC(C)S(=O)(=O)C(C)C(=O)O. The van der Waals surface area contributed by atoms with Crippen molar-refractivity contribution in [3.05, 3.63) is 0 Å². The first-order valence-corrected chi connectivity index (χ1v) is 5.90. The maximum absolute atomic E-state index is 11.5. The molecule has 0 saturated heterocycles. The molecule has 0 aromatic rings. The van der Waals surface area contributed by atoms with Crippen molar-refractivity contribution in [3.8, 4) is 0 Å². The average Bonchev–Trinajstić information content (AvgIpc) is 2.03. The van der Waals surface area contributed by atoms with Gasteiger partial charge in [0.15, 0.2) is 15.1 Å². The van der Waals surface area contributed by atoms with E-state index in [1.165, 1.54) is 6.92 Å². The highest BCUT2D eigenvalue weighted by atomic mass is 32.2. The van der Waals surface area contributed by atoms with Crippen LogP contribution in [0.1, 0.15) is 33.6 Å². The molecule has 0 spiro atoms. The normalized spacial score (nSPS) is 16.5. The van der Waals surface area contributed by atoms with Crippen LogP contribution in [0.2, 0.25) is 0 Å². The largest absolute Gasteiger partial charge is 0.480 e. The van der Waals surface area contributed by atoms with Gasteiger partial charge in [0, 0.05) is 0 Å². The van der Waals surface area contributed by atoms with Crippen LogP contribution in [-0.2, 0) is 14.6 Å². The summed E-state index contributed by atoms with van der Waals surface area (Å²) in [4.78, 5) is 10.5. The van der Waals surface area contributed by atoms with Crippen LogP contribution in [0.15, 0.2) is 0 Å². The monoisotopic (exact) mass is 208 g/mol. The fourth-order valence-corrected chi connectivity index (χ4v) is 2.60. The summed E-state index contributed by atoms with van der Waals surface area (Å²) in [6.07, 6.45) is 1.26. The van der Waals surface area contributed by atoms with E-state index in [9.17, 15) is 13.2 Å². The number of hydrogen-bond donors (Lipinski definition) is 1. The number of carboxylic acid groups (broad SMARTS) is 1.